The fourth-order valence-corrected chi connectivity index (χ4v) is 1.38. The number of nitrogens with two attached hydrogens (primary N) is 1. The highest BCUT2D eigenvalue weighted by molar-refractivity contribution is 6.07. The minimum absolute atomic E-state index is 0.0584. The first kappa shape index (κ1) is 14.2. The van der Waals surface area contributed by atoms with Crippen molar-refractivity contribution in [1.29, 1.82) is 0 Å². The van der Waals surface area contributed by atoms with Crippen molar-refractivity contribution >= 4 is 17.8 Å². The number of benzene rings is 1. The maximum absolute atomic E-state index is 12.1. The second-order valence-corrected chi connectivity index (χ2v) is 3.46. The average Bonchev–Trinajstić information content (AvgIpc) is 2.38. The molecule has 0 fully saturated rings. The molecule has 98 valence electrons. The summed E-state index contributed by atoms with van der Waals surface area (Å²) in [4.78, 5) is 34.7. The zero-order valence-corrected chi connectivity index (χ0v) is 9.95. The molecule has 2 amide bonds. The number of amides is 2. The van der Waals surface area contributed by atoms with Crippen molar-refractivity contribution in [2.75, 3.05) is 0 Å². The molecule has 0 aromatic heterocycles. The second kappa shape index (κ2) is 6.15. The van der Waals surface area contributed by atoms with Gasteiger partial charge >= 0.3 is 5.97 Å². The summed E-state index contributed by atoms with van der Waals surface area (Å²) in [6.45, 7) is 3.40. The monoisotopic (exact) mass is 260 g/mol. The Morgan fingerprint density at radius 2 is 1.79 bits per heavy atom. The first-order chi connectivity index (χ1) is 8.97. The van der Waals surface area contributed by atoms with E-state index >= 15 is 0 Å². The lowest BCUT2D eigenvalue weighted by Gasteiger charge is -2.14. The van der Waals surface area contributed by atoms with Crippen molar-refractivity contribution in [3.05, 3.63) is 60.4 Å². The molecule has 19 heavy (non-hydrogen) atoms. The van der Waals surface area contributed by atoms with Gasteiger partial charge < -0.3 is 10.8 Å². The predicted molar refractivity (Wildman–Crippen MR) is 68.1 cm³/mol. The lowest BCUT2D eigenvalue weighted by Crippen LogP contribution is -2.24. The molecule has 6 heteroatoms. The molecule has 0 saturated carbocycles. The standard InChI is InChI=1S/C13H12N2O4/c1-2-15(8-7-11(16)17)13(19)10-6-4-3-5-9(10)12(14)18/h2-8H,1H2,(H2,14,18)(H,16,17). The Kier molecular flexibility index (Phi) is 4.59. The van der Waals surface area contributed by atoms with E-state index in [4.69, 9.17) is 10.8 Å². The predicted octanol–water partition coefficient (Wildman–Crippen LogP) is 0.969. The number of carboxylic acid groups (broad SMARTS) is 1. The third-order valence-corrected chi connectivity index (χ3v) is 2.23. The topological polar surface area (TPSA) is 101 Å². The molecule has 0 atom stereocenters. The third-order valence-electron chi connectivity index (χ3n) is 2.23. The Morgan fingerprint density at radius 1 is 1.21 bits per heavy atom. The van der Waals surface area contributed by atoms with Crippen LogP contribution in [0.25, 0.3) is 0 Å². The van der Waals surface area contributed by atoms with Gasteiger partial charge in [0, 0.05) is 18.5 Å². The van der Waals surface area contributed by atoms with Crippen LogP contribution in [0.5, 0.6) is 0 Å². The van der Waals surface area contributed by atoms with Gasteiger partial charge in [0.05, 0.1) is 11.1 Å². The van der Waals surface area contributed by atoms with Gasteiger partial charge in [0.15, 0.2) is 0 Å². The van der Waals surface area contributed by atoms with E-state index in [1.54, 1.807) is 12.1 Å². The lowest BCUT2D eigenvalue weighted by molar-refractivity contribution is -0.131. The Balaban J connectivity index is 3.14. The fraction of sp³-hybridized carbons (Fsp3) is 0. The Labute approximate surface area is 109 Å². The first-order valence-corrected chi connectivity index (χ1v) is 5.22. The zero-order chi connectivity index (χ0) is 14.4. The third kappa shape index (κ3) is 3.53. The summed E-state index contributed by atoms with van der Waals surface area (Å²) in [7, 11) is 0. The number of carbonyl (C=O) groups excluding carboxylic acids is 2. The molecule has 0 heterocycles. The van der Waals surface area contributed by atoms with Crippen LogP contribution in [0.2, 0.25) is 0 Å². The van der Waals surface area contributed by atoms with Crippen LogP contribution in [-0.4, -0.2) is 27.8 Å². The molecule has 3 N–H and O–H groups in total. The van der Waals surface area contributed by atoms with Gasteiger partial charge in [-0.2, -0.15) is 0 Å². The van der Waals surface area contributed by atoms with Crippen LogP contribution in [0.1, 0.15) is 20.7 Å². The van der Waals surface area contributed by atoms with Gasteiger partial charge in [-0.05, 0) is 12.1 Å². The Hall–Kier alpha value is -2.89. The number of primary amides is 1. The average molecular weight is 260 g/mol. The molecule has 0 spiro atoms. The van der Waals surface area contributed by atoms with E-state index in [1.165, 1.54) is 12.1 Å². The zero-order valence-electron chi connectivity index (χ0n) is 9.95. The first-order valence-electron chi connectivity index (χ1n) is 5.22. The number of hydrogen-bond donors (Lipinski definition) is 2. The van der Waals surface area contributed by atoms with E-state index in [2.05, 4.69) is 6.58 Å². The van der Waals surface area contributed by atoms with E-state index in [9.17, 15) is 14.4 Å². The largest absolute Gasteiger partial charge is 0.478 e. The molecule has 1 rings (SSSR count). The smallest absolute Gasteiger partial charge is 0.329 e. The summed E-state index contributed by atoms with van der Waals surface area (Å²) < 4.78 is 0. The van der Waals surface area contributed by atoms with Crippen molar-refractivity contribution in [2.24, 2.45) is 5.73 Å². The molecule has 1 aromatic carbocycles. The highest BCUT2D eigenvalue weighted by atomic mass is 16.4. The van der Waals surface area contributed by atoms with Crippen LogP contribution in [-0.2, 0) is 4.79 Å². The maximum Gasteiger partial charge on any atom is 0.329 e. The molecule has 0 radical (unpaired) electrons. The highest BCUT2D eigenvalue weighted by Crippen LogP contribution is 2.12. The molecule has 0 aliphatic rings. The molecule has 0 aliphatic carbocycles. The summed E-state index contributed by atoms with van der Waals surface area (Å²) in [5.41, 5.74) is 5.30. The molecule has 0 saturated heterocycles. The van der Waals surface area contributed by atoms with Crippen LogP contribution >= 0.6 is 0 Å². The van der Waals surface area contributed by atoms with Gasteiger partial charge in [-0.1, -0.05) is 18.7 Å². The number of carbonyl (C=O) groups is 3. The number of aliphatic carboxylic acids is 1. The van der Waals surface area contributed by atoms with Gasteiger partial charge in [0.1, 0.15) is 0 Å². The fourth-order valence-electron chi connectivity index (χ4n) is 1.38. The Bertz CT molecular complexity index is 564. The summed E-state index contributed by atoms with van der Waals surface area (Å²) in [5.74, 6) is -2.54. The molecule has 1 aromatic rings. The van der Waals surface area contributed by atoms with Crippen LogP contribution in [0.4, 0.5) is 0 Å². The SMILES string of the molecule is C=CN(C=CC(=O)O)C(=O)c1ccccc1C(N)=O. The van der Waals surface area contributed by atoms with E-state index < -0.39 is 17.8 Å². The Morgan fingerprint density at radius 3 is 2.26 bits per heavy atom. The van der Waals surface area contributed by atoms with Crippen LogP contribution in [0, 0.1) is 0 Å². The normalized spacial score (nSPS) is 10.1. The van der Waals surface area contributed by atoms with Gasteiger partial charge in [-0.3, -0.25) is 14.5 Å². The van der Waals surface area contributed by atoms with Crippen molar-refractivity contribution in [1.82, 2.24) is 4.90 Å². The van der Waals surface area contributed by atoms with Gasteiger partial charge in [0.25, 0.3) is 5.91 Å². The summed E-state index contributed by atoms with van der Waals surface area (Å²) in [5, 5.41) is 8.52. The quantitative estimate of drug-likeness (QED) is 0.770. The van der Waals surface area contributed by atoms with E-state index in [0.717, 1.165) is 23.4 Å². The van der Waals surface area contributed by atoms with Gasteiger partial charge in [-0.15, -0.1) is 0 Å². The van der Waals surface area contributed by atoms with E-state index in [-0.39, 0.29) is 11.1 Å². The summed E-state index contributed by atoms with van der Waals surface area (Å²) in [6.07, 6.45) is 2.96. The lowest BCUT2D eigenvalue weighted by atomic mass is 10.1. The van der Waals surface area contributed by atoms with Crippen molar-refractivity contribution in [3.8, 4) is 0 Å². The van der Waals surface area contributed by atoms with Crippen molar-refractivity contribution < 1.29 is 19.5 Å². The maximum atomic E-state index is 12.1. The highest BCUT2D eigenvalue weighted by Gasteiger charge is 2.17. The van der Waals surface area contributed by atoms with Gasteiger partial charge in [-0.25, -0.2) is 4.79 Å². The molecule has 0 bridgehead atoms. The van der Waals surface area contributed by atoms with Gasteiger partial charge in [0.2, 0.25) is 5.91 Å². The number of rotatable bonds is 5. The minimum Gasteiger partial charge on any atom is -0.478 e. The second-order valence-electron chi connectivity index (χ2n) is 3.46. The number of nitrogens with zero attached hydrogens (tertiary/aromatic N) is 1. The van der Waals surface area contributed by atoms with E-state index in [1.807, 2.05) is 0 Å². The van der Waals surface area contributed by atoms with Crippen molar-refractivity contribution in [3.63, 3.8) is 0 Å². The molecular weight excluding hydrogens is 248 g/mol. The van der Waals surface area contributed by atoms with Crippen molar-refractivity contribution in [2.45, 2.75) is 0 Å². The number of carboxylic acids is 1. The molecule has 0 aliphatic heterocycles. The molecule has 0 unspecified atom stereocenters. The van der Waals surface area contributed by atoms with Crippen LogP contribution in [0.3, 0.4) is 0 Å². The summed E-state index contributed by atoms with van der Waals surface area (Å²) in [6, 6.07) is 5.98. The minimum atomic E-state index is -1.21. The molecular formula is C13H12N2O4. The van der Waals surface area contributed by atoms with E-state index in [0.29, 0.717) is 0 Å². The summed E-state index contributed by atoms with van der Waals surface area (Å²) >= 11 is 0. The molecule has 6 nitrogen and oxygen atoms in total. The van der Waals surface area contributed by atoms with Crippen LogP contribution in [0.15, 0.2) is 49.3 Å². The van der Waals surface area contributed by atoms with Crippen LogP contribution < -0.4 is 5.73 Å². The number of hydrogen-bond acceptors (Lipinski definition) is 3.